The Balaban J connectivity index is 1.82. The molecule has 1 aliphatic heterocycles. The minimum absolute atomic E-state index is 0.0652. The number of halogens is 1. The molecule has 2 rings (SSSR count). The molecule has 19 heavy (non-hydrogen) atoms. The number of rotatable bonds is 4. The Labute approximate surface area is 119 Å². The highest BCUT2D eigenvalue weighted by Crippen LogP contribution is 2.19. The maximum absolute atomic E-state index is 11.8. The molecule has 1 aromatic carbocycles. The normalized spacial score (nSPS) is 15.5. The van der Waals surface area contributed by atoms with Crippen molar-refractivity contribution >= 4 is 33.9 Å². The van der Waals surface area contributed by atoms with Crippen LogP contribution in [0.5, 0.6) is 0 Å². The van der Waals surface area contributed by atoms with E-state index in [1.807, 2.05) is 24.3 Å². The van der Waals surface area contributed by atoms with Crippen LogP contribution in [0.1, 0.15) is 12.0 Å². The first kappa shape index (κ1) is 13.8. The lowest BCUT2D eigenvalue weighted by atomic mass is 9.96. The molecule has 1 saturated heterocycles. The van der Waals surface area contributed by atoms with Gasteiger partial charge in [0, 0.05) is 29.6 Å². The number of carbonyl (C=O) groups excluding carboxylic acids is 1. The number of carboxylic acids is 1. The fraction of sp³-hybridized carbons (Fsp3) is 0.286. The first-order valence-corrected chi connectivity index (χ1v) is 6.78. The summed E-state index contributed by atoms with van der Waals surface area (Å²) in [6.45, 7) is 1.08. The smallest absolute Gasteiger partial charge is 0.303 e. The van der Waals surface area contributed by atoms with E-state index in [-0.39, 0.29) is 18.2 Å². The first-order chi connectivity index (χ1) is 9.04. The third kappa shape index (κ3) is 3.92. The van der Waals surface area contributed by atoms with E-state index in [4.69, 9.17) is 5.11 Å². The zero-order chi connectivity index (χ0) is 13.8. The second-order valence-corrected chi connectivity index (χ2v) is 5.51. The van der Waals surface area contributed by atoms with E-state index in [9.17, 15) is 9.59 Å². The Morgan fingerprint density at radius 3 is 2.53 bits per heavy atom. The van der Waals surface area contributed by atoms with E-state index in [1.165, 1.54) is 6.08 Å². The van der Waals surface area contributed by atoms with Crippen molar-refractivity contribution in [2.45, 2.75) is 6.42 Å². The van der Waals surface area contributed by atoms with Crippen molar-refractivity contribution in [3.63, 3.8) is 0 Å². The molecule has 1 N–H and O–H groups in total. The minimum Gasteiger partial charge on any atom is -0.481 e. The Morgan fingerprint density at radius 1 is 1.32 bits per heavy atom. The van der Waals surface area contributed by atoms with Crippen molar-refractivity contribution < 1.29 is 14.7 Å². The highest BCUT2D eigenvalue weighted by atomic mass is 79.9. The fourth-order valence-electron chi connectivity index (χ4n) is 1.97. The lowest BCUT2D eigenvalue weighted by Gasteiger charge is -2.37. The fourth-order valence-corrected chi connectivity index (χ4v) is 2.24. The van der Waals surface area contributed by atoms with Crippen LogP contribution in [0.4, 0.5) is 0 Å². The van der Waals surface area contributed by atoms with Crippen LogP contribution in [-0.4, -0.2) is 35.0 Å². The Bertz CT molecular complexity index is 504. The van der Waals surface area contributed by atoms with Gasteiger partial charge in [-0.15, -0.1) is 0 Å². The van der Waals surface area contributed by atoms with Gasteiger partial charge in [-0.3, -0.25) is 9.59 Å². The summed E-state index contributed by atoms with van der Waals surface area (Å²) >= 11 is 3.35. The van der Waals surface area contributed by atoms with Crippen LogP contribution >= 0.6 is 15.9 Å². The van der Waals surface area contributed by atoms with Crippen LogP contribution in [0.3, 0.4) is 0 Å². The van der Waals surface area contributed by atoms with E-state index in [2.05, 4.69) is 15.9 Å². The number of nitrogens with zero attached hydrogens (tertiary/aromatic N) is 1. The molecule has 5 heteroatoms. The van der Waals surface area contributed by atoms with Gasteiger partial charge >= 0.3 is 5.97 Å². The number of benzene rings is 1. The standard InChI is InChI=1S/C14H14BrNO3/c15-12-4-1-10(2-5-12)3-6-13(17)16-8-11(9-16)7-14(18)19/h1-6,11H,7-9H2,(H,18,19). The summed E-state index contributed by atoms with van der Waals surface area (Å²) in [4.78, 5) is 23.9. The predicted octanol–water partition coefficient (Wildman–Crippen LogP) is 2.40. The summed E-state index contributed by atoms with van der Waals surface area (Å²) in [6.07, 6.45) is 3.43. The third-order valence-corrected chi connectivity index (χ3v) is 3.55. The molecule has 1 aromatic rings. The molecule has 1 aliphatic rings. The number of carboxylic acid groups (broad SMARTS) is 1. The van der Waals surface area contributed by atoms with Gasteiger partial charge in [0.05, 0.1) is 6.42 Å². The second-order valence-electron chi connectivity index (χ2n) is 4.59. The first-order valence-electron chi connectivity index (χ1n) is 5.99. The number of amides is 1. The molecule has 0 saturated carbocycles. The molecule has 0 unspecified atom stereocenters. The second kappa shape index (κ2) is 6.02. The molecule has 0 bridgehead atoms. The Hall–Kier alpha value is -1.62. The highest BCUT2D eigenvalue weighted by molar-refractivity contribution is 9.10. The van der Waals surface area contributed by atoms with Crippen LogP contribution < -0.4 is 0 Å². The van der Waals surface area contributed by atoms with E-state index < -0.39 is 5.97 Å². The van der Waals surface area contributed by atoms with Crippen molar-refractivity contribution in [3.8, 4) is 0 Å². The average Bonchev–Trinajstić information content (AvgIpc) is 2.32. The molecule has 1 heterocycles. The van der Waals surface area contributed by atoms with E-state index >= 15 is 0 Å². The molecule has 0 aliphatic carbocycles. The molecule has 0 spiro atoms. The largest absolute Gasteiger partial charge is 0.481 e. The van der Waals surface area contributed by atoms with Crippen LogP contribution in [0.25, 0.3) is 6.08 Å². The number of likely N-dealkylation sites (tertiary alicyclic amines) is 1. The number of hydrogen-bond acceptors (Lipinski definition) is 2. The molecule has 1 fully saturated rings. The topological polar surface area (TPSA) is 57.6 Å². The van der Waals surface area contributed by atoms with Crippen molar-refractivity contribution in [1.29, 1.82) is 0 Å². The SMILES string of the molecule is O=C(O)CC1CN(C(=O)C=Cc2ccc(Br)cc2)C1. The lowest BCUT2D eigenvalue weighted by Crippen LogP contribution is -2.49. The van der Waals surface area contributed by atoms with Crippen LogP contribution in [0.2, 0.25) is 0 Å². The van der Waals surface area contributed by atoms with Gasteiger partial charge in [-0.05, 0) is 23.8 Å². The minimum atomic E-state index is -0.803. The Kier molecular flexibility index (Phi) is 4.37. The van der Waals surface area contributed by atoms with Crippen LogP contribution in [-0.2, 0) is 9.59 Å². The summed E-state index contributed by atoms with van der Waals surface area (Å²) in [5, 5.41) is 8.63. The summed E-state index contributed by atoms with van der Waals surface area (Å²) in [5.41, 5.74) is 0.958. The van der Waals surface area contributed by atoms with E-state index in [1.54, 1.807) is 11.0 Å². The molecule has 4 nitrogen and oxygen atoms in total. The van der Waals surface area contributed by atoms with Crippen molar-refractivity contribution in [3.05, 3.63) is 40.4 Å². The van der Waals surface area contributed by atoms with E-state index in [0.717, 1.165) is 10.0 Å². The van der Waals surface area contributed by atoms with Gasteiger partial charge in [-0.25, -0.2) is 0 Å². The molecule has 0 atom stereocenters. The molecular weight excluding hydrogens is 310 g/mol. The number of carbonyl (C=O) groups is 2. The highest BCUT2D eigenvalue weighted by Gasteiger charge is 2.30. The third-order valence-electron chi connectivity index (χ3n) is 3.02. The summed E-state index contributed by atoms with van der Waals surface area (Å²) in [7, 11) is 0. The van der Waals surface area contributed by atoms with Crippen LogP contribution in [0, 0.1) is 5.92 Å². The summed E-state index contributed by atoms with van der Waals surface area (Å²) < 4.78 is 0.996. The quantitative estimate of drug-likeness (QED) is 0.865. The summed E-state index contributed by atoms with van der Waals surface area (Å²) in [5.74, 6) is -0.769. The monoisotopic (exact) mass is 323 g/mol. The maximum atomic E-state index is 11.8. The number of hydrogen-bond donors (Lipinski definition) is 1. The van der Waals surface area contributed by atoms with E-state index in [0.29, 0.717) is 13.1 Å². The predicted molar refractivity (Wildman–Crippen MR) is 75.5 cm³/mol. The molecule has 100 valence electrons. The van der Waals surface area contributed by atoms with Gasteiger partial charge in [-0.2, -0.15) is 0 Å². The molecule has 0 aromatic heterocycles. The average molecular weight is 324 g/mol. The van der Waals surface area contributed by atoms with Crippen LogP contribution in [0.15, 0.2) is 34.8 Å². The van der Waals surface area contributed by atoms with Gasteiger partial charge in [-0.1, -0.05) is 28.1 Å². The molecule has 1 amide bonds. The molecular formula is C14H14BrNO3. The van der Waals surface area contributed by atoms with Crippen molar-refractivity contribution in [2.75, 3.05) is 13.1 Å². The summed E-state index contributed by atoms with van der Waals surface area (Å²) in [6, 6.07) is 7.65. The number of aliphatic carboxylic acids is 1. The lowest BCUT2D eigenvalue weighted by molar-refractivity contribution is -0.143. The van der Waals surface area contributed by atoms with Crippen molar-refractivity contribution in [2.24, 2.45) is 5.92 Å². The maximum Gasteiger partial charge on any atom is 0.303 e. The van der Waals surface area contributed by atoms with Gasteiger partial charge < -0.3 is 10.0 Å². The van der Waals surface area contributed by atoms with Gasteiger partial charge in [0.2, 0.25) is 5.91 Å². The molecule has 0 radical (unpaired) electrons. The Morgan fingerprint density at radius 2 is 1.95 bits per heavy atom. The van der Waals surface area contributed by atoms with Gasteiger partial charge in [0.15, 0.2) is 0 Å². The van der Waals surface area contributed by atoms with Gasteiger partial charge in [0.1, 0.15) is 0 Å². The zero-order valence-corrected chi connectivity index (χ0v) is 11.8. The van der Waals surface area contributed by atoms with Gasteiger partial charge in [0.25, 0.3) is 0 Å². The zero-order valence-electron chi connectivity index (χ0n) is 10.3. The van der Waals surface area contributed by atoms with Crippen molar-refractivity contribution in [1.82, 2.24) is 4.90 Å².